The maximum absolute atomic E-state index is 14.3. The molecule has 1 aliphatic rings. The van der Waals surface area contributed by atoms with Crippen molar-refractivity contribution in [1.82, 2.24) is 19.3 Å². The molecule has 5 rings (SSSR count). The first-order valence-electron chi connectivity index (χ1n) is 14.4. The molecule has 0 fully saturated rings. The number of carbonyl (C=O) groups is 1. The molecule has 4 aromatic rings. The zero-order valence-electron chi connectivity index (χ0n) is 24.7. The molecule has 1 aromatic heterocycles. The number of unbranched alkanes of at least 4 members (excludes halogenated alkanes) is 1. The molecule has 44 heavy (non-hydrogen) atoms. The lowest BCUT2D eigenvalue weighted by molar-refractivity contribution is -0.143. The van der Waals surface area contributed by atoms with Crippen molar-refractivity contribution in [2.24, 2.45) is 0 Å². The number of aromatic nitrogens is 3. The summed E-state index contributed by atoms with van der Waals surface area (Å²) >= 11 is 3.46. The Morgan fingerprint density at radius 1 is 1.18 bits per heavy atom. The number of benzene rings is 3. The van der Waals surface area contributed by atoms with Crippen LogP contribution in [-0.2, 0) is 39.5 Å². The van der Waals surface area contributed by atoms with Gasteiger partial charge in [0.2, 0.25) is 0 Å². The normalized spacial score (nSPS) is 15.1. The second kappa shape index (κ2) is 13.2. The van der Waals surface area contributed by atoms with Crippen LogP contribution in [0.4, 0.5) is 4.39 Å². The van der Waals surface area contributed by atoms with Crippen LogP contribution >= 0.6 is 15.9 Å². The number of phenolic OH excluding ortho intramolecular Hbond substituents is 1. The van der Waals surface area contributed by atoms with Crippen molar-refractivity contribution in [2.75, 3.05) is 11.9 Å². The van der Waals surface area contributed by atoms with Gasteiger partial charge in [-0.1, -0.05) is 45.4 Å². The first-order valence-corrected chi connectivity index (χ1v) is 16.9. The maximum atomic E-state index is 14.3. The minimum atomic E-state index is -4.32. The molecule has 3 aromatic carbocycles. The fourth-order valence-corrected chi connectivity index (χ4v) is 7.04. The third kappa shape index (κ3) is 6.59. The summed E-state index contributed by atoms with van der Waals surface area (Å²) in [6.45, 7) is 6.33. The molecule has 13 heteroatoms. The van der Waals surface area contributed by atoms with Gasteiger partial charge in [0, 0.05) is 42.5 Å². The van der Waals surface area contributed by atoms with E-state index >= 15 is 0 Å². The Bertz CT molecular complexity index is 1810. The second-order valence-electron chi connectivity index (χ2n) is 10.8. The van der Waals surface area contributed by atoms with Crippen molar-refractivity contribution >= 4 is 43.2 Å². The predicted octanol–water partition coefficient (Wildman–Crippen LogP) is 5.79. The van der Waals surface area contributed by atoms with E-state index in [9.17, 15) is 22.7 Å². The number of carbonyl (C=O) groups excluding carboxylic acids is 1. The van der Waals surface area contributed by atoms with Gasteiger partial charge in [-0.3, -0.25) is 4.79 Å². The summed E-state index contributed by atoms with van der Waals surface area (Å²) in [5.41, 5.74) is 5.99. The van der Waals surface area contributed by atoms with Crippen LogP contribution in [0.15, 0.2) is 42.5 Å². The Labute approximate surface area is 264 Å². The Hall–Kier alpha value is -3.55. The van der Waals surface area contributed by atoms with E-state index in [1.807, 2.05) is 48.9 Å². The Morgan fingerprint density at radius 2 is 1.98 bits per heavy atom. The summed E-state index contributed by atoms with van der Waals surface area (Å²) in [6, 6.07) is 11.8. The summed E-state index contributed by atoms with van der Waals surface area (Å²) in [7, 11) is -4.32. The molecule has 0 aliphatic carbocycles. The first kappa shape index (κ1) is 31.9. The molecular formula is C31H34BrFN4O6S. The zero-order chi connectivity index (χ0) is 31.6. The van der Waals surface area contributed by atoms with Gasteiger partial charge < -0.3 is 14.0 Å². The van der Waals surface area contributed by atoms with Crippen LogP contribution in [-0.4, -0.2) is 50.7 Å². The Kier molecular flexibility index (Phi) is 9.56. The number of phenols is 1. The molecule has 0 saturated carbocycles. The summed E-state index contributed by atoms with van der Waals surface area (Å²) in [5, 5.41) is 19.6. The molecule has 0 bridgehead atoms. The highest BCUT2D eigenvalue weighted by Gasteiger charge is 2.34. The fourth-order valence-electron chi connectivity index (χ4n) is 5.55. The van der Waals surface area contributed by atoms with Crippen molar-refractivity contribution in [3.05, 3.63) is 81.7 Å². The van der Waals surface area contributed by atoms with Gasteiger partial charge >= 0.3 is 16.3 Å². The SMILES string of the molecule is CCOC(=O)CC(c1ccc(C)c(CN2Cc3cc(O)cc(F)c3OS2(=O)=O)c1)c1ccc2c(nnn2CCCCBr)c1C. The largest absolute Gasteiger partial charge is 0.508 e. The molecule has 2 heterocycles. The van der Waals surface area contributed by atoms with Crippen LogP contribution in [0.25, 0.3) is 11.0 Å². The van der Waals surface area contributed by atoms with Crippen molar-refractivity contribution in [3.8, 4) is 11.5 Å². The lowest BCUT2D eigenvalue weighted by Gasteiger charge is -2.29. The quantitative estimate of drug-likeness (QED) is 0.119. The molecule has 1 aliphatic heterocycles. The van der Waals surface area contributed by atoms with E-state index in [1.54, 1.807) is 6.92 Å². The molecular weight excluding hydrogens is 655 g/mol. The number of aromatic hydroxyl groups is 1. The van der Waals surface area contributed by atoms with Crippen LogP contribution in [0.1, 0.15) is 65.5 Å². The molecule has 1 N–H and O–H groups in total. The van der Waals surface area contributed by atoms with E-state index in [0.29, 0.717) is 5.56 Å². The lowest BCUT2D eigenvalue weighted by atomic mass is 9.84. The third-order valence-corrected chi connectivity index (χ3v) is 9.70. The van der Waals surface area contributed by atoms with Gasteiger partial charge in [0.15, 0.2) is 11.6 Å². The molecule has 234 valence electrons. The number of rotatable bonds is 11. The number of ether oxygens (including phenoxy) is 1. The number of nitrogens with zero attached hydrogens (tertiary/aromatic N) is 4. The van der Waals surface area contributed by atoms with E-state index < -0.39 is 27.8 Å². The molecule has 0 spiro atoms. The lowest BCUT2D eigenvalue weighted by Crippen LogP contribution is -2.37. The minimum absolute atomic E-state index is 0.0639. The average molecular weight is 690 g/mol. The van der Waals surface area contributed by atoms with E-state index in [2.05, 4.69) is 26.2 Å². The van der Waals surface area contributed by atoms with Crippen molar-refractivity contribution in [3.63, 3.8) is 0 Å². The number of aryl methyl sites for hydroxylation is 3. The minimum Gasteiger partial charge on any atom is -0.508 e. The van der Waals surface area contributed by atoms with Crippen molar-refractivity contribution in [1.29, 1.82) is 0 Å². The highest BCUT2D eigenvalue weighted by atomic mass is 79.9. The molecule has 0 amide bonds. The van der Waals surface area contributed by atoms with E-state index in [4.69, 9.17) is 8.92 Å². The number of alkyl halides is 1. The van der Waals surface area contributed by atoms with Crippen LogP contribution in [0.2, 0.25) is 0 Å². The molecule has 0 radical (unpaired) electrons. The van der Waals surface area contributed by atoms with E-state index in [0.717, 1.165) is 68.4 Å². The fraction of sp³-hybridized carbons (Fsp3) is 0.387. The summed E-state index contributed by atoms with van der Waals surface area (Å²) in [6.07, 6.45) is 2.05. The highest BCUT2D eigenvalue weighted by Crippen LogP contribution is 2.37. The zero-order valence-corrected chi connectivity index (χ0v) is 27.1. The molecule has 0 saturated heterocycles. The van der Waals surface area contributed by atoms with Gasteiger partial charge in [0.25, 0.3) is 0 Å². The first-order chi connectivity index (χ1) is 21.0. The number of fused-ring (bicyclic) bond motifs is 2. The second-order valence-corrected chi connectivity index (χ2v) is 13.2. The maximum Gasteiger partial charge on any atom is 0.385 e. The summed E-state index contributed by atoms with van der Waals surface area (Å²) in [4.78, 5) is 12.8. The van der Waals surface area contributed by atoms with E-state index in [-0.39, 0.29) is 43.4 Å². The Balaban J connectivity index is 1.51. The predicted molar refractivity (Wildman–Crippen MR) is 166 cm³/mol. The van der Waals surface area contributed by atoms with E-state index in [1.165, 1.54) is 6.07 Å². The third-order valence-electron chi connectivity index (χ3n) is 7.87. The number of halogens is 2. The average Bonchev–Trinajstić information content (AvgIpc) is 3.38. The number of hydrogen-bond donors (Lipinski definition) is 1. The molecule has 10 nitrogen and oxygen atoms in total. The van der Waals surface area contributed by atoms with Gasteiger partial charge in [0.1, 0.15) is 11.3 Å². The molecule has 1 unspecified atom stereocenters. The van der Waals surface area contributed by atoms with Gasteiger partial charge in [0.05, 0.1) is 18.5 Å². The Morgan fingerprint density at radius 3 is 2.73 bits per heavy atom. The highest BCUT2D eigenvalue weighted by molar-refractivity contribution is 9.09. The van der Waals surface area contributed by atoms with Gasteiger partial charge in [-0.15, -0.1) is 5.10 Å². The standard InChI is InChI=1S/C31H34BrFN4O6S/c1-4-42-29(39)16-26(25-9-10-28-30(20(25)3)34-35-37(28)12-6-5-11-32)21-8-7-19(2)22(13-21)17-36-18-23-14-24(38)15-27(33)31(23)43-44(36,40)41/h7-10,13-15,26,38H,4-6,11-12,16-18H2,1-3H3. The van der Waals surface area contributed by atoms with Crippen LogP contribution in [0.3, 0.4) is 0 Å². The van der Waals surface area contributed by atoms with Crippen LogP contribution < -0.4 is 4.18 Å². The van der Waals surface area contributed by atoms with Crippen LogP contribution in [0, 0.1) is 19.7 Å². The number of esters is 1. The summed E-state index contributed by atoms with van der Waals surface area (Å²) < 4.78 is 53.7. The van der Waals surface area contributed by atoms with Gasteiger partial charge in [-0.2, -0.15) is 12.7 Å². The smallest absolute Gasteiger partial charge is 0.385 e. The topological polar surface area (TPSA) is 124 Å². The molecule has 1 atom stereocenters. The van der Waals surface area contributed by atoms with Crippen LogP contribution in [0.5, 0.6) is 11.5 Å². The van der Waals surface area contributed by atoms with Gasteiger partial charge in [-0.05, 0) is 73.6 Å². The van der Waals surface area contributed by atoms with Crippen molar-refractivity contribution in [2.45, 2.75) is 65.6 Å². The summed E-state index contributed by atoms with van der Waals surface area (Å²) in [5.74, 6) is -2.45. The van der Waals surface area contributed by atoms with Crippen molar-refractivity contribution < 1.29 is 31.6 Å². The number of hydrogen-bond acceptors (Lipinski definition) is 8. The van der Waals surface area contributed by atoms with Gasteiger partial charge in [-0.25, -0.2) is 9.07 Å². The monoisotopic (exact) mass is 688 g/mol.